The summed E-state index contributed by atoms with van der Waals surface area (Å²) >= 11 is 0. The average molecular weight is 272 g/mol. The topological polar surface area (TPSA) is 15.3 Å². The molecule has 1 aromatic rings. The predicted molar refractivity (Wildman–Crippen MR) is 86.2 cm³/mol. The Morgan fingerprint density at radius 1 is 0.950 bits per heavy atom. The Morgan fingerprint density at radius 2 is 1.60 bits per heavy atom. The zero-order valence-electron chi connectivity index (χ0n) is 12.8. The van der Waals surface area contributed by atoms with Gasteiger partial charge in [-0.25, -0.2) is 0 Å². The van der Waals surface area contributed by atoms with E-state index in [0.717, 1.165) is 18.6 Å². The van der Waals surface area contributed by atoms with Crippen molar-refractivity contribution in [2.45, 2.75) is 70.0 Å². The molecule has 2 aliphatic carbocycles. The molecule has 20 heavy (non-hydrogen) atoms. The second-order valence-electron chi connectivity index (χ2n) is 6.58. The molecule has 0 aliphatic heterocycles. The van der Waals surface area contributed by atoms with Crippen LogP contribution in [0.4, 0.5) is 5.69 Å². The molecule has 3 rings (SSSR count). The van der Waals surface area contributed by atoms with Crippen molar-refractivity contribution in [1.29, 1.82) is 0 Å². The number of nitrogens with zero attached hydrogens (tertiary/aromatic N) is 1. The van der Waals surface area contributed by atoms with E-state index >= 15 is 0 Å². The van der Waals surface area contributed by atoms with Gasteiger partial charge in [-0.15, -0.1) is 0 Å². The summed E-state index contributed by atoms with van der Waals surface area (Å²) in [5.41, 5.74) is 2.79. The van der Waals surface area contributed by atoms with Gasteiger partial charge in [-0.05, 0) is 43.4 Å². The van der Waals surface area contributed by atoms with E-state index in [0.29, 0.717) is 0 Å². The average Bonchev–Trinajstić information content (AvgIpc) is 3.31. The Labute approximate surface area is 123 Å². The number of benzene rings is 1. The lowest BCUT2D eigenvalue weighted by molar-refractivity contribution is 0.553. The number of rotatable bonds is 5. The monoisotopic (exact) mass is 272 g/mol. The van der Waals surface area contributed by atoms with E-state index in [4.69, 9.17) is 0 Å². The van der Waals surface area contributed by atoms with Crippen LogP contribution in [0.15, 0.2) is 24.3 Å². The van der Waals surface area contributed by atoms with Crippen molar-refractivity contribution in [1.82, 2.24) is 5.32 Å². The van der Waals surface area contributed by atoms with E-state index in [-0.39, 0.29) is 0 Å². The van der Waals surface area contributed by atoms with Crippen molar-refractivity contribution < 1.29 is 0 Å². The Balaban J connectivity index is 1.57. The van der Waals surface area contributed by atoms with E-state index in [9.17, 15) is 0 Å². The fourth-order valence-corrected chi connectivity index (χ4v) is 3.25. The van der Waals surface area contributed by atoms with Crippen LogP contribution in [-0.2, 0) is 6.54 Å². The predicted octanol–water partition coefficient (Wildman–Crippen LogP) is 4.10. The van der Waals surface area contributed by atoms with Gasteiger partial charge in [0.1, 0.15) is 0 Å². The van der Waals surface area contributed by atoms with Crippen LogP contribution in [0.2, 0.25) is 0 Å². The lowest BCUT2D eigenvalue weighted by Crippen LogP contribution is -2.31. The molecule has 0 heterocycles. The molecule has 1 aromatic carbocycles. The maximum Gasteiger partial charge on any atom is 0.0366 e. The normalized spacial score (nSPS) is 20.6. The molecule has 110 valence electrons. The number of anilines is 1. The molecule has 2 saturated carbocycles. The van der Waals surface area contributed by atoms with Crippen LogP contribution in [0.5, 0.6) is 0 Å². The minimum absolute atomic E-state index is 0.743. The molecule has 0 radical (unpaired) electrons. The van der Waals surface area contributed by atoms with Crippen LogP contribution in [0, 0.1) is 0 Å². The third-order valence-electron chi connectivity index (χ3n) is 4.89. The number of nitrogens with one attached hydrogen (secondary N) is 1. The summed E-state index contributed by atoms with van der Waals surface area (Å²) in [6.45, 7) is 1.03. The Bertz CT molecular complexity index is 400. The van der Waals surface area contributed by atoms with E-state index in [1.807, 2.05) is 0 Å². The van der Waals surface area contributed by atoms with Crippen LogP contribution < -0.4 is 10.2 Å². The largest absolute Gasteiger partial charge is 0.372 e. The summed E-state index contributed by atoms with van der Waals surface area (Å²) in [7, 11) is 2.27. The van der Waals surface area contributed by atoms with Gasteiger partial charge >= 0.3 is 0 Å². The van der Waals surface area contributed by atoms with Gasteiger partial charge in [0.25, 0.3) is 0 Å². The standard InChI is InChI=1S/C18H28N2/c1-20(17-6-4-2-3-5-7-17)18-12-8-15(9-13-18)14-19-16-10-11-16/h8-9,12-13,16-17,19H,2-7,10-11,14H2,1H3. The van der Waals surface area contributed by atoms with Crippen molar-refractivity contribution in [3.63, 3.8) is 0 Å². The van der Waals surface area contributed by atoms with Crippen LogP contribution in [0.3, 0.4) is 0 Å². The molecule has 0 aromatic heterocycles. The van der Waals surface area contributed by atoms with Gasteiger partial charge in [0.15, 0.2) is 0 Å². The molecule has 0 spiro atoms. The maximum atomic E-state index is 3.58. The Morgan fingerprint density at radius 3 is 2.20 bits per heavy atom. The van der Waals surface area contributed by atoms with Crippen LogP contribution in [-0.4, -0.2) is 19.1 Å². The zero-order chi connectivity index (χ0) is 13.8. The SMILES string of the molecule is CN(c1ccc(CNC2CC2)cc1)C1CCCCCC1. The lowest BCUT2D eigenvalue weighted by Gasteiger charge is -2.29. The molecular formula is C18H28N2. The lowest BCUT2D eigenvalue weighted by atomic mass is 10.1. The van der Waals surface area contributed by atoms with Gasteiger partial charge in [0, 0.05) is 31.4 Å². The molecule has 0 amide bonds. The highest BCUT2D eigenvalue weighted by Gasteiger charge is 2.20. The molecule has 0 bridgehead atoms. The molecule has 2 heteroatoms. The zero-order valence-corrected chi connectivity index (χ0v) is 12.8. The second kappa shape index (κ2) is 6.62. The first-order valence-electron chi connectivity index (χ1n) is 8.38. The first-order valence-corrected chi connectivity index (χ1v) is 8.38. The molecule has 2 nitrogen and oxygen atoms in total. The van der Waals surface area contributed by atoms with Gasteiger partial charge in [0.2, 0.25) is 0 Å². The smallest absolute Gasteiger partial charge is 0.0366 e. The Kier molecular flexibility index (Phi) is 4.62. The van der Waals surface area contributed by atoms with Crippen molar-refractivity contribution >= 4 is 5.69 Å². The van der Waals surface area contributed by atoms with Crippen molar-refractivity contribution in [2.24, 2.45) is 0 Å². The fraction of sp³-hybridized carbons (Fsp3) is 0.667. The van der Waals surface area contributed by atoms with E-state index < -0.39 is 0 Å². The summed E-state index contributed by atoms with van der Waals surface area (Å²) in [5, 5.41) is 3.58. The minimum atomic E-state index is 0.743. The van der Waals surface area contributed by atoms with E-state index in [1.54, 1.807) is 0 Å². The highest BCUT2D eigenvalue weighted by molar-refractivity contribution is 5.47. The van der Waals surface area contributed by atoms with Gasteiger partial charge in [-0.2, -0.15) is 0 Å². The summed E-state index contributed by atoms with van der Waals surface area (Å²) in [4.78, 5) is 2.50. The summed E-state index contributed by atoms with van der Waals surface area (Å²) < 4.78 is 0. The van der Waals surface area contributed by atoms with Gasteiger partial charge in [-0.1, -0.05) is 37.8 Å². The van der Waals surface area contributed by atoms with Crippen molar-refractivity contribution in [2.75, 3.05) is 11.9 Å². The summed E-state index contributed by atoms with van der Waals surface area (Å²) in [6.07, 6.45) is 11.1. The molecule has 2 fully saturated rings. The first kappa shape index (κ1) is 13.9. The van der Waals surface area contributed by atoms with Gasteiger partial charge < -0.3 is 10.2 Å². The fourth-order valence-electron chi connectivity index (χ4n) is 3.25. The quantitative estimate of drug-likeness (QED) is 0.812. The molecule has 1 N–H and O–H groups in total. The van der Waals surface area contributed by atoms with Gasteiger partial charge in [0.05, 0.1) is 0 Å². The van der Waals surface area contributed by atoms with E-state index in [2.05, 4.69) is 41.5 Å². The first-order chi connectivity index (χ1) is 9.83. The van der Waals surface area contributed by atoms with Crippen LogP contribution >= 0.6 is 0 Å². The third kappa shape index (κ3) is 3.76. The van der Waals surface area contributed by atoms with Crippen LogP contribution in [0.1, 0.15) is 56.9 Å². The molecule has 0 unspecified atom stereocenters. The third-order valence-corrected chi connectivity index (χ3v) is 4.89. The second-order valence-corrected chi connectivity index (χ2v) is 6.58. The number of hydrogen-bond donors (Lipinski definition) is 1. The van der Waals surface area contributed by atoms with Crippen molar-refractivity contribution in [3.8, 4) is 0 Å². The van der Waals surface area contributed by atoms with Crippen LogP contribution in [0.25, 0.3) is 0 Å². The molecule has 0 saturated heterocycles. The maximum absolute atomic E-state index is 3.58. The summed E-state index contributed by atoms with van der Waals surface area (Å²) in [5.74, 6) is 0. The Hall–Kier alpha value is -1.02. The molecule has 2 aliphatic rings. The molecular weight excluding hydrogens is 244 g/mol. The summed E-state index contributed by atoms with van der Waals surface area (Å²) in [6, 6.07) is 10.7. The minimum Gasteiger partial charge on any atom is -0.372 e. The van der Waals surface area contributed by atoms with Gasteiger partial charge in [-0.3, -0.25) is 0 Å². The highest BCUT2D eigenvalue weighted by Crippen LogP contribution is 2.26. The highest BCUT2D eigenvalue weighted by atomic mass is 15.1. The van der Waals surface area contributed by atoms with Crippen molar-refractivity contribution in [3.05, 3.63) is 29.8 Å². The molecule has 0 atom stereocenters. The number of hydrogen-bond acceptors (Lipinski definition) is 2. The van der Waals surface area contributed by atoms with E-state index in [1.165, 1.54) is 62.6 Å².